The van der Waals surface area contributed by atoms with Crippen molar-refractivity contribution in [2.75, 3.05) is 0 Å². The highest BCUT2D eigenvalue weighted by Gasteiger charge is 2.52. The molecule has 0 spiro atoms. The van der Waals surface area contributed by atoms with Gasteiger partial charge >= 0.3 is 0 Å². The number of H-pyrrole nitrogens is 1. The van der Waals surface area contributed by atoms with Gasteiger partial charge in [-0.25, -0.2) is 9.78 Å². The van der Waals surface area contributed by atoms with Crippen LogP contribution >= 0.6 is 0 Å². The van der Waals surface area contributed by atoms with E-state index in [1.807, 2.05) is 18.2 Å². The summed E-state index contributed by atoms with van der Waals surface area (Å²) in [5.41, 5.74) is 6.92. The summed E-state index contributed by atoms with van der Waals surface area (Å²) < 4.78 is 4.72. The minimum Gasteiger partial charge on any atom is -0.280 e. The monoisotopic (exact) mass is 496 g/mol. The summed E-state index contributed by atoms with van der Waals surface area (Å²) in [7, 11) is 0. The first-order valence-corrected chi connectivity index (χ1v) is 13.8. The van der Waals surface area contributed by atoms with Gasteiger partial charge in [0.2, 0.25) is 0 Å². The molecule has 2 aromatic heterocycles. The summed E-state index contributed by atoms with van der Waals surface area (Å²) in [6.45, 7) is 6.79. The normalized spacial score (nSPS) is 22.4. The van der Waals surface area contributed by atoms with Crippen molar-refractivity contribution in [3.63, 3.8) is 0 Å². The van der Waals surface area contributed by atoms with Gasteiger partial charge in [0, 0.05) is 23.2 Å². The summed E-state index contributed by atoms with van der Waals surface area (Å²) >= 11 is 0. The fraction of sp³-hybridized carbons (Fsp3) is 0.467. The van der Waals surface area contributed by atoms with Gasteiger partial charge in [0.1, 0.15) is 0 Å². The zero-order chi connectivity index (χ0) is 25.6. The minimum atomic E-state index is -0.0160. The second-order valence-electron chi connectivity index (χ2n) is 10.9. The highest BCUT2D eigenvalue weighted by Crippen LogP contribution is 2.52. The molecule has 0 radical (unpaired) electrons. The zero-order valence-electron chi connectivity index (χ0n) is 22.1. The number of tetrazole rings is 1. The Bertz CT molecular complexity index is 1450. The molecule has 7 rings (SSSR count). The van der Waals surface area contributed by atoms with Crippen LogP contribution in [-0.2, 0) is 23.9 Å². The lowest BCUT2D eigenvalue weighted by atomic mass is 9.68. The smallest absolute Gasteiger partial charge is 0.271 e. The molecule has 1 fully saturated rings. The molecule has 1 aliphatic carbocycles. The van der Waals surface area contributed by atoms with Gasteiger partial charge in [-0.1, -0.05) is 75.7 Å². The van der Waals surface area contributed by atoms with E-state index in [0.717, 1.165) is 60.8 Å². The Morgan fingerprint density at radius 1 is 0.865 bits per heavy atom. The molecular weight excluding hydrogens is 460 g/mol. The van der Waals surface area contributed by atoms with Crippen molar-refractivity contribution in [2.45, 2.75) is 89.6 Å². The second-order valence-corrected chi connectivity index (χ2v) is 10.9. The highest BCUT2D eigenvalue weighted by atomic mass is 16.1. The van der Waals surface area contributed by atoms with Crippen molar-refractivity contribution < 1.29 is 0 Å². The van der Waals surface area contributed by atoms with Crippen LogP contribution in [0, 0.1) is 0 Å². The Morgan fingerprint density at radius 3 is 2.11 bits per heavy atom. The third kappa shape index (κ3) is 3.62. The van der Waals surface area contributed by atoms with E-state index in [4.69, 9.17) is 0 Å². The van der Waals surface area contributed by atoms with Gasteiger partial charge in [0.05, 0.1) is 11.1 Å². The molecular formula is C30H36N6O. The molecule has 4 aromatic rings. The lowest BCUT2D eigenvalue weighted by molar-refractivity contribution is -0.0294. The van der Waals surface area contributed by atoms with Crippen LogP contribution in [0.25, 0.3) is 22.5 Å². The number of rotatable bonds is 8. The van der Waals surface area contributed by atoms with Gasteiger partial charge < -0.3 is 0 Å². The standard InChI is InChI=1S/C30H36N6O/c1-4-9-26-25(28(37)36-30(6-3)18-16-29(5-2,17-19-30)35(26)36)20-21-12-14-22(15-13-21)23-10-7-8-11-24(23)27-31-33-34-32-27/h7-8,10-15H,4-6,9,16-20H2,1-3H3,(H,31,32,33,34). The molecule has 7 heteroatoms. The molecule has 3 aliphatic rings. The predicted molar refractivity (Wildman–Crippen MR) is 146 cm³/mol. The second kappa shape index (κ2) is 9.12. The maximum absolute atomic E-state index is 14.1. The molecule has 2 bridgehead atoms. The van der Waals surface area contributed by atoms with Gasteiger partial charge in [-0.3, -0.25) is 9.48 Å². The molecule has 37 heavy (non-hydrogen) atoms. The number of fused-ring (bicyclic) bond motifs is 2. The molecule has 2 aliphatic heterocycles. The molecule has 0 unspecified atom stereocenters. The average molecular weight is 497 g/mol. The van der Waals surface area contributed by atoms with Crippen LogP contribution in [0.4, 0.5) is 0 Å². The van der Waals surface area contributed by atoms with Gasteiger partial charge in [-0.15, -0.1) is 5.10 Å². The van der Waals surface area contributed by atoms with Crippen molar-refractivity contribution in [1.82, 2.24) is 30.0 Å². The Labute approximate surface area is 217 Å². The molecule has 4 heterocycles. The van der Waals surface area contributed by atoms with Crippen LogP contribution in [0.15, 0.2) is 53.3 Å². The van der Waals surface area contributed by atoms with Crippen molar-refractivity contribution in [2.24, 2.45) is 0 Å². The molecule has 7 nitrogen and oxygen atoms in total. The van der Waals surface area contributed by atoms with E-state index in [-0.39, 0.29) is 16.6 Å². The van der Waals surface area contributed by atoms with E-state index in [1.165, 1.54) is 24.1 Å². The van der Waals surface area contributed by atoms with E-state index in [0.29, 0.717) is 12.2 Å². The predicted octanol–water partition coefficient (Wildman–Crippen LogP) is 5.84. The van der Waals surface area contributed by atoms with Crippen LogP contribution in [0.1, 0.15) is 82.5 Å². The Kier molecular flexibility index (Phi) is 5.89. The van der Waals surface area contributed by atoms with Crippen LogP contribution in [-0.4, -0.2) is 30.0 Å². The maximum Gasteiger partial charge on any atom is 0.271 e. The summed E-state index contributed by atoms with van der Waals surface area (Å²) in [6, 6.07) is 16.8. The van der Waals surface area contributed by atoms with Gasteiger partial charge in [-0.2, -0.15) is 0 Å². The van der Waals surface area contributed by atoms with Crippen LogP contribution < -0.4 is 5.56 Å². The number of nitrogens with zero attached hydrogens (tertiary/aromatic N) is 5. The molecule has 0 atom stereocenters. The number of nitrogens with one attached hydrogen (secondary N) is 1. The van der Waals surface area contributed by atoms with Crippen molar-refractivity contribution in [1.29, 1.82) is 0 Å². The first-order valence-electron chi connectivity index (χ1n) is 13.8. The van der Waals surface area contributed by atoms with E-state index in [9.17, 15) is 4.79 Å². The van der Waals surface area contributed by atoms with E-state index >= 15 is 0 Å². The number of benzene rings is 2. The fourth-order valence-corrected chi connectivity index (χ4v) is 7.02. The summed E-state index contributed by atoms with van der Waals surface area (Å²) in [5, 5.41) is 14.4. The fourth-order valence-electron chi connectivity index (χ4n) is 7.02. The van der Waals surface area contributed by atoms with Gasteiger partial charge in [0.25, 0.3) is 5.56 Å². The molecule has 192 valence electrons. The van der Waals surface area contributed by atoms with E-state index < -0.39 is 0 Å². The largest absolute Gasteiger partial charge is 0.280 e. The van der Waals surface area contributed by atoms with Gasteiger partial charge in [0.15, 0.2) is 5.82 Å². The summed E-state index contributed by atoms with van der Waals surface area (Å²) in [4.78, 5) is 14.1. The van der Waals surface area contributed by atoms with E-state index in [2.05, 4.69) is 81.1 Å². The quantitative estimate of drug-likeness (QED) is 0.332. The first kappa shape index (κ1) is 23.9. The average Bonchev–Trinajstić information content (AvgIpc) is 3.59. The number of aromatic nitrogens is 6. The molecule has 1 N–H and O–H groups in total. The van der Waals surface area contributed by atoms with Crippen LogP contribution in [0.5, 0.6) is 0 Å². The van der Waals surface area contributed by atoms with Crippen molar-refractivity contribution in [3.05, 3.63) is 75.7 Å². The van der Waals surface area contributed by atoms with Gasteiger partial charge in [-0.05, 0) is 72.1 Å². The molecule has 0 saturated heterocycles. The maximum atomic E-state index is 14.1. The van der Waals surface area contributed by atoms with Crippen LogP contribution in [0.2, 0.25) is 0 Å². The SMILES string of the molecule is CCCc1c(Cc2ccc(-c3ccccc3-c3nnn[nH]3)cc2)c(=O)n2n1C1(CC)CCC2(CC)CC1. The summed E-state index contributed by atoms with van der Waals surface area (Å²) in [5.74, 6) is 0.653. The number of hydrogen-bond acceptors (Lipinski definition) is 4. The Morgan fingerprint density at radius 2 is 1.51 bits per heavy atom. The minimum absolute atomic E-state index is 0.0160. The molecule has 1 saturated carbocycles. The number of aromatic amines is 1. The topological polar surface area (TPSA) is 81.4 Å². The molecule has 0 amide bonds. The van der Waals surface area contributed by atoms with Crippen LogP contribution in [0.3, 0.4) is 0 Å². The number of hydrogen-bond donors (Lipinski definition) is 1. The van der Waals surface area contributed by atoms with E-state index in [1.54, 1.807) is 0 Å². The Hall–Kier alpha value is -3.48. The third-order valence-electron chi connectivity index (χ3n) is 9.24. The molecule has 2 aromatic carbocycles. The van der Waals surface area contributed by atoms with Crippen molar-refractivity contribution >= 4 is 0 Å². The third-order valence-corrected chi connectivity index (χ3v) is 9.24. The highest BCUT2D eigenvalue weighted by molar-refractivity contribution is 5.80. The lowest BCUT2D eigenvalue weighted by Crippen LogP contribution is -2.59. The zero-order valence-corrected chi connectivity index (χ0v) is 22.1. The summed E-state index contributed by atoms with van der Waals surface area (Å²) in [6.07, 6.45) is 9.42. The Balaban J connectivity index is 1.40. The lowest BCUT2D eigenvalue weighted by Gasteiger charge is -2.55. The first-order chi connectivity index (χ1) is 18.1. The van der Waals surface area contributed by atoms with Crippen molar-refractivity contribution in [3.8, 4) is 22.5 Å².